The molecule has 35 heavy (non-hydrogen) atoms. The number of nitrogens with zero attached hydrogens (tertiary/aromatic N) is 4. The SMILES string of the molecule is C[C@H](O)c1nccn1Cc1cc(-c2ccc(C#Cc3ccc(CNC4CCOC4)nc3)cc2)on1. The Morgan fingerprint density at radius 1 is 1.11 bits per heavy atom. The van der Waals surface area contributed by atoms with Crippen LogP contribution in [0.15, 0.2) is 65.6 Å². The minimum atomic E-state index is -0.645. The molecule has 1 aliphatic heterocycles. The fraction of sp³-hybridized carbons (Fsp3) is 0.296. The molecule has 8 heteroatoms. The van der Waals surface area contributed by atoms with Crippen LogP contribution in [0.4, 0.5) is 0 Å². The van der Waals surface area contributed by atoms with Gasteiger partial charge in [-0.2, -0.15) is 0 Å². The Labute approximate surface area is 204 Å². The average Bonchev–Trinajstić information content (AvgIpc) is 3.65. The van der Waals surface area contributed by atoms with Crippen LogP contribution in [0.3, 0.4) is 0 Å². The number of pyridine rings is 1. The van der Waals surface area contributed by atoms with Crippen molar-refractivity contribution in [3.8, 4) is 23.2 Å². The summed E-state index contributed by atoms with van der Waals surface area (Å²) in [7, 11) is 0. The molecule has 0 saturated carbocycles. The lowest BCUT2D eigenvalue weighted by molar-refractivity contribution is 0.184. The van der Waals surface area contributed by atoms with Gasteiger partial charge in [-0.3, -0.25) is 4.98 Å². The fourth-order valence-electron chi connectivity index (χ4n) is 3.93. The van der Waals surface area contributed by atoms with E-state index in [1.165, 1.54) is 0 Å². The Hall–Kier alpha value is -3.77. The van der Waals surface area contributed by atoms with Crippen molar-refractivity contribution in [2.24, 2.45) is 0 Å². The summed E-state index contributed by atoms with van der Waals surface area (Å²) in [5.41, 5.74) is 4.44. The molecule has 5 rings (SSSR count). The zero-order valence-corrected chi connectivity index (χ0v) is 19.5. The summed E-state index contributed by atoms with van der Waals surface area (Å²) in [5, 5.41) is 17.4. The van der Waals surface area contributed by atoms with Crippen molar-refractivity contribution in [2.75, 3.05) is 13.2 Å². The third-order valence-electron chi connectivity index (χ3n) is 5.86. The van der Waals surface area contributed by atoms with Crippen LogP contribution >= 0.6 is 0 Å². The van der Waals surface area contributed by atoms with Crippen LogP contribution in [0.1, 0.15) is 47.8 Å². The Kier molecular flexibility index (Phi) is 7.00. The summed E-state index contributed by atoms with van der Waals surface area (Å²) >= 11 is 0. The largest absolute Gasteiger partial charge is 0.385 e. The minimum Gasteiger partial charge on any atom is -0.385 e. The van der Waals surface area contributed by atoms with Crippen molar-refractivity contribution in [2.45, 2.75) is 38.6 Å². The van der Waals surface area contributed by atoms with Crippen LogP contribution in [0, 0.1) is 11.8 Å². The van der Waals surface area contributed by atoms with E-state index in [-0.39, 0.29) is 0 Å². The van der Waals surface area contributed by atoms with Crippen LogP contribution in [0.5, 0.6) is 0 Å². The zero-order valence-electron chi connectivity index (χ0n) is 19.5. The molecule has 1 aromatic carbocycles. The smallest absolute Gasteiger partial charge is 0.167 e. The van der Waals surface area contributed by atoms with Gasteiger partial charge in [0, 0.05) is 60.5 Å². The number of aliphatic hydroxyl groups is 1. The van der Waals surface area contributed by atoms with E-state index in [0.29, 0.717) is 24.2 Å². The number of nitrogens with one attached hydrogen (secondary N) is 1. The van der Waals surface area contributed by atoms with Crippen molar-refractivity contribution in [3.05, 3.63) is 89.4 Å². The number of hydrogen-bond acceptors (Lipinski definition) is 7. The van der Waals surface area contributed by atoms with Crippen LogP contribution in [0.2, 0.25) is 0 Å². The second-order valence-corrected chi connectivity index (χ2v) is 8.58. The van der Waals surface area contributed by atoms with Crippen molar-refractivity contribution in [1.82, 2.24) is 25.0 Å². The maximum atomic E-state index is 9.82. The van der Waals surface area contributed by atoms with Crippen molar-refractivity contribution in [3.63, 3.8) is 0 Å². The lowest BCUT2D eigenvalue weighted by Crippen LogP contribution is -2.28. The Bertz CT molecular complexity index is 1310. The maximum absolute atomic E-state index is 9.82. The number of rotatable bonds is 7. The van der Waals surface area contributed by atoms with Gasteiger partial charge in [-0.25, -0.2) is 4.98 Å². The summed E-state index contributed by atoms with van der Waals surface area (Å²) < 4.78 is 12.8. The molecule has 1 unspecified atom stereocenters. The average molecular weight is 470 g/mol. The van der Waals surface area contributed by atoms with Gasteiger partial charge in [0.15, 0.2) is 5.76 Å². The van der Waals surface area contributed by atoms with Crippen LogP contribution in [-0.4, -0.2) is 44.1 Å². The van der Waals surface area contributed by atoms with E-state index in [9.17, 15) is 5.11 Å². The van der Waals surface area contributed by atoms with Gasteiger partial charge in [0.05, 0.1) is 18.8 Å². The Morgan fingerprint density at radius 2 is 1.94 bits per heavy atom. The molecule has 0 aliphatic carbocycles. The first kappa shape index (κ1) is 23.0. The first-order valence-electron chi connectivity index (χ1n) is 11.7. The quantitative estimate of drug-likeness (QED) is 0.401. The number of hydrogen-bond donors (Lipinski definition) is 2. The van der Waals surface area contributed by atoms with Crippen molar-refractivity contribution >= 4 is 0 Å². The first-order valence-corrected chi connectivity index (χ1v) is 11.7. The molecule has 1 aliphatic rings. The lowest BCUT2D eigenvalue weighted by Gasteiger charge is -2.09. The molecule has 2 N–H and O–H groups in total. The van der Waals surface area contributed by atoms with Crippen LogP contribution in [0.25, 0.3) is 11.3 Å². The van der Waals surface area contributed by atoms with Crippen LogP contribution < -0.4 is 5.32 Å². The molecule has 4 heterocycles. The van der Waals surface area contributed by atoms with E-state index in [2.05, 4.69) is 32.3 Å². The second-order valence-electron chi connectivity index (χ2n) is 8.58. The van der Waals surface area contributed by atoms with E-state index >= 15 is 0 Å². The van der Waals surface area contributed by atoms with Gasteiger partial charge < -0.3 is 24.3 Å². The minimum absolute atomic E-state index is 0.419. The maximum Gasteiger partial charge on any atom is 0.167 e. The van der Waals surface area contributed by atoms with E-state index in [1.807, 2.05) is 59.4 Å². The molecule has 0 bridgehead atoms. The summed E-state index contributed by atoms with van der Waals surface area (Å²) in [4.78, 5) is 8.69. The molecule has 2 atom stereocenters. The molecule has 4 aromatic rings. The van der Waals surface area contributed by atoms with Gasteiger partial charge >= 0.3 is 0 Å². The number of imidazole rings is 1. The third-order valence-corrected chi connectivity index (χ3v) is 5.86. The molecule has 8 nitrogen and oxygen atoms in total. The van der Waals surface area contributed by atoms with Gasteiger partial charge in [0.25, 0.3) is 0 Å². The Morgan fingerprint density at radius 3 is 2.69 bits per heavy atom. The topological polar surface area (TPSA) is 98.2 Å². The number of aliphatic hydroxyl groups excluding tert-OH is 1. The van der Waals surface area contributed by atoms with Gasteiger partial charge in [0.1, 0.15) is 17.6 Å². The molecular weight excluding hydrogens is 442 g/mol. The summed E-state index contributed by atoms with van der Waals surface area (Å²) in [6.45, 7) is 4.50. The molecule has 1 fully saturated rings. The number of benzene rings is 1. The van der Waals surface area contributed by atoms with E-state index in [1.54, 1.807) is 13.1 Å². The lowest BCUT2D eigenvalue weighted by atomic mass is 10.1. The van der Waals surface area contributed by atoms with Crippen molar-refractivity contribution in [1.29, 1.82) is 0 Å². The molecule has 1 saturated heterocycles. The summed E-state index contributed by atoms with van der Waals surface area (Å²) in [6.07, 6.45) is 5.69. The molecule has 0 spiro atoms. The predicted molar refractivity (Wildman–Crippen MR) is 130 cm³/mol. The first-order chi connectivity index (χ1) is 17.1. The monoisotopic (exact) mass is 469 g/mol. The van der Waals surface area contributed by atoms with Gasteiger partial charge in [0.2, 0.25) is 0 Å². The molecule has 3 aromatic heterocycles. The molecule has 0 amide bonds. The fourth-order valence-corrected chi connectivity index (χ4v) is 3.93. The van der Waals surface area contributed by atoms with E-state index < -0.39 is 6.10 Å². The Balaban J connectivity index is 1.19. The molecule has 178 valence electrons. The second kappa shape index (κ2) is 10.7. The molecule has 0 radical (unpaired) electrons. The summed E-state index contributed by atoms with van der Waals surface area (Å²) in [6, 6.07) is 14.2. The predicted octanol–water partition coefficient (Wildman–Crippen LogP) is 3.31. The summed E-state index contributed by atoms with van der Waals surface area (Å²) in [5.74, 6) is 7.63. The third kappa shape index (κ3) is 5.84. The number of aromatic nitrogens is 4. The van der Waals surface area contributed by atoms with Gasteiger partial charge in [-0.1, -0.05) is 17.0 Å². The molecular formula is C27H27N5O3. The highest BCUT2D eigenvalue weighted by Crippen LogP contribution is 2.22. The highest BCUT2D eigenvalue weighted by molar-refractivity contribution is 5.59. The highest BCUT2D eigenvalue weighted by Gasteiger charge is 2.14. The zero-order chi connectivity index (χ0) is 24.0. The van der Waals surface area contributed by atoms with E-state index in [0.717, 1.165) is 54.3 Å². The number of ether oxygens (including phenoxy) is 1. The van der Waals surface area contributed by atoms with Gasteiger partial charge in [-0.05, 0) is 49.7 Å². The standard InChI is InChI=1S/C27H27N5O3/c1-19(33)27-28-11-12-32(27)17-25-14-26(35-31-25)22-7-4-20(5-8-22)2-3-21-6-9-23(29-15-21)16-30-24-10-13-34-18-24/h4-9,11-12,14-15,19,24,30,33H,10,13,16-18H2,1H3/t19-,24?/m0/s1. The highest BCUT2D eigenvalue weighted by atomic mass is 16.5. The van der Waals surface area contributed by atoms with E-state index in [4.69, 9.17) is 9.26 Å². The normalized spacial score (nSPS) is 16.1. The van der Waals surface area contributed by atoms with Crippen molar-refractivity contribution < 1.29 is 14.4 Å². The van der Waals surface area contributed by atoms with Gasteiger partial charge in [-0.15, -0.1) is 0 Å². The van der Waals surface area contributed by atoms with Crippen LogP contribution in [-0.2, 0) is 17.8 Å².